The van der Waals surface area contributed by atoms with E-state index in [1.165, 1.54) is 0 Å². The van der Waals surface area contributed by atoms with Gasteiger partial charge >= 0.3 is 5.97 Å². The fourth-order valence-electron chi connectivity index (χ4n) is 1.09. The smallest absolute Gasteiger partial charge is 0.312 e. The van der Waals surface area contributed by atoms with Crippen LogP contribution in [0.25, 0.3) is 0 Å². The van der Waals surface area contributed by atoms with Crippen LogP contribution in [0.3, 0.4) is 0 Å². The maximum atomic E-state index is 11.2. The molecule has 0 bridgehead atoms. The number of rotatable bonds is 5. The molecule has 0 aliphatic carbocycles. The zero-order valence-electron chi connectivity index (χ0n) is 8.17. The molecule has 0 spiro atoms. The molecule has 2 heteroatoms. The Hall–Kier alpha value is -0.790. The standard InChI is InChI=1S/C10H18O2/c1-4-7-9(8-5-2)10(11)12-6-3/h4,7,9H,5-6,8H2,1-3H3. The number of carbonyl (C=O) groups is 1. The topological polar surface area (TPSA) is 26.3 Å². The Morgan fingerprint density at radius 2 is 2.17 bits per heavy atom. The quantitative estimate of drug-likeness (QED) is 0.468. The summed E-state index contributed by atoms with van der Waals surface area (Å²) in [5, 5.41) is 0. The van der Waals surface area contributed by atoms with E-state index in [4.69, 9.17) is 4.74 Å². The highest BCUT2D eigenvalue weighted by Crippen LogP contribution is 2.10. The Labute approximate surface area is 74.6 Å². The van der Waals surface area contributed by atoms with Crippen LogP contribution in [0.15, 0.2) is 12.2 Å². The SMILES string of the molecule is CC=CC(CCC)C(=O)OCC. The molecule has 0 aliphatic rings. The second-order valence-corrected chi connectivity index (χ2v) is 2.67. The van der Waals surface area contributed by atoms with Crippen LogP contribution in [0.1, 0.15) is 33.6 Å². The largest absolute Gasteiger partial charge is 0.466 e. The molecule has 0 aromatic heterocycles. The lowest BCUT2D eigenvalue weighted by Gasteiger charge is -2.09. The zero-order valence-corrected chi connectivity index (χ0v) is 8.17. The minimum atomic E-state index is -0.0996. The van der Waals surface area contributed by atoms with Crippen LogP contribution in [0, 0.1) is 5.92 Å². The maximum absolute atomic E-state index is 11.2. The van der Waals surface area contributed by atoms with Gasteiger partial charge < -0.3 is 4.74 Å². The molecule has 0 rings (SSSR count). The Bertz CT molecular complexity index is 150. The van der Waals surface area contributed by atoms with Crippen molar-refractivity contribution < 1.29 is 9.53 Å². The van der Waals surface area contributed by atoms with Gasteiger partial charge in [0.25, 0.3) is 0 Å². The van der Waals surface area contributed by atoms with E-state index in [0.717, 1.165) is 12.8 Å². The first-order chi connectivity index (χ1) is 5.76. The highest BCUT2D eigenvalue weighted by atomic mass is 16.5. The van der Waals surface area contributed by atoms with Crippen molar-refractivity contribution in [1.82, 2.24) is 0 Å². The second-order valence-electron chi connectivity index (χ2n) is 2.67. The van der Waals surface area contributed by atoms with Gasteiger partial charge in [0.15, 0.2) is 0 Å². The predicted octanol–water partition coefficient (Wildman–Crippen LogP) is 2.54. The summed E-state index contributed by atoms with van der Waals surface area (Å²) in [6.45, 7) is 6.28. The summed E-state index contributed by atoms with van der Waals surface area (Å²) >= 11 is 0. The van der Waals surface area contributed by atoms with Gasteiger partial charge in [0.1, 0.15) is 0 Å². The second kappa shape index (κ2) is 6.89. The van der Waals surface area contributed by atoms with E-state index >= 15 is 0 Å². The van der Waals surface area contributed by atoms with E-state index in [9.17, 15) is 4.79 Å². The average Bonchev–Trinajstić information content (AvgIpc) is 2.04. The molecule has 0 aliphatic heterocycles. The summed E-state index contributed by atoms with van der Waals surface area (Å²) < 4.78 is 4.92. The molecule has 0 saturated carbocycles. The highest BCUT2D eigenvalue weighted by molar-refractivity contribution is 5.74. The summed E-state index contributed by atoms with van der Waals surface area (Å²) in [5.74, 6) is -0.141. The average molecular weight is 170 g/mol. The van der Waals surface area contributed by atoms with Crippen molar-refractivity contribution in [1.29, 1.82) is 0 Å². The summed E-state index contributed by atoms with van der Waals surface area (Å²) in [5.41, 5.74) is 0. The molecule has 70 valence electrons. The van der Waals surface area contributed by atoms with Gasteiger partial charge in [-0.05, 0) is 20.3 Å². The monoisotopic (exact) mass is 170 g/mol. The van der Waals surface area contributed by atoms with Crippen LogP contribution in [-0.2, 0) is 9.53 Å². The fraction of sp³-hybridized carbons (Fsp3) is 0.700. The molecule has 0 saturated heterocycles. The first kappa shape index (κ1) is 11.2. The maximum Gasteiger partial charge on any atom is 0.312 e. The lowest BCUT2D eigenvalue weighted by atomic mass is 10.0. The summed E-state index contributed by atoms with van der Waals surface area (Å²) in [6.07, 6.45) is 5.69. The van der Waals surface area contributed by atoms with Crippen molar-refractivity contribution in [2.75, 3.05) is 6.61 Å². The Balaban J connectivity index is 3.99. The Morgan fingerprint density at radius 3 is 2.58 bits per heavy atom. The van der Waals surface area contributed by atoms with Gasteiger partial charge in [0.2, 0.25) is 0 Å². The van der Waals surface area contributed by atoms with Crippen molar-refractivity contribution in [3.63, 3.8) is 0 Å². The molecular formula is C10H18O2. The van der Waals surface area contributed by atoms with E-state index in [-0.39, 0.29) is 11.9 Å². The number of carbonyl (C=O) groups excluding carboxylic acids is 1. The molecule has 0 heterocycles. The van der Waals surface area contributed by atoms with Gasteiger partial charge in [-0.1, -0.05) is 25.5 Å². The van der Waals surface area contributed by atoms with Crippen molar-refractivity contribution in [3.8, 4) is 0 Å². The third kappa shape index (κ3) is 4.16. The van der Waals surface area contributed by atoms with Crippen molar-refractivity contribution in [2.24, 2.45) is 5.92 Å². The number of ether oxygens (including phenoxy) is 1. The first-order valence-electron chi connectivity index (χ1n) is 4.55. The van der Waals surface area contributed by atoms with E-state index in [1.807, 2.05) is 26.0 Å². The summed E-state index contributed by atoms with van der Waals surface area (Å²) in [6, 6.07) is 0. The van der Waals surface area contributed by atoms with Crippen LogP contribution in [0.5, 0.6) is 0 Å². The molecule has 0 amide bonds. The van der Waals surface area contributed by atoms with Gasteiger partial charge in [0.05, 0.1) is 12.5 Å². The molecule has 0 aromatic rings. The van der Waals surface area contributed by atoms with E-state index in [2.05, 4.69) is 6.92 Å². The lowest BCUT2D eigenvalue weighted by molar-refractivity contribution is -0.146. The van der Waals surface area contributed by atoms with Crippen LogP contribution in [0.2, 0.25) is 0 Å². The molecule has 0 N–H and O–H groups in total. The van der Waals surface area contributed by atoms with Gasteiger partial charge in [0, 0.05) is 0 Å². The van der Waals surface area contributed by atoms with Crippen LogP contribution < -0.4 is 0 Å². The molecule has 1 atom stereocenters. The van der Waals surface area contributed by atoms with E-state index in [0.29, 0.717) is 6.61 Å². The van der Waals surface area contributed by atoms with Crippen molar-refractivity contribution >= 4 is 5.97 Å². The molecule has 12 heavy (non-hydrogen) atoms. The normalized spacial score (nSPS) is 13.2. The molecule has 0 aromatic carbocycles. The van der Waals surface area contributed by atoms with Crippen LogP contribution in [0.4, 0.5) is 0 Å². The molecule has 0 radical (unpaired) electrons. The third-order valence-corrected chi connectivity index (χ3v) is 1.61. The number of hydrogen-bond donors (Lipinski definition) is 0. The molecular weight excluding hydrogens is 152 g/mol. The van der Waals surface area contributed by atoms with Crippen LogP contribution in [-0.4, -0.2) is 12.6 Å². The summed E-state index contributed by atoms with van der Waals surface area (Å²) in [7, 11) is 0. The third-order valence-electron chi connectivity index (χ3n) is 1.61. The number of hydrogen-bond acceptors (Lipinski definition) is 2. The van der Waals surface area contributed by atoms with Crippen molar-refractivity contribution in [2.45, 2.75) is 33.6 Å². The van der Waals surface area contributed by atoms with E-state index in [1.54, 1.807) is 0 Å². The van der Waals surface area contributed by atoms with Gasteiger partial charge in [-0.25, -0.2) is 0 Å². The molecule has 0 fully saturated rings. The number of esters is 1. The molecule has 1 unspecified atom stereocenters. The Morgan fingerprint density at radius 1 is 1.50 bits per heavy atom. The minimum absolute atomic E-state index is 0.0417. The fourth-order valence-corrected chi connectivity index (χ4v) is 1.09. The zero-order chi connectivity index (χ0) is 9.40. The van der Waals surface area contributed by atoms with Crippen molar-refractivity contribution in [3.05, 3.63) is 12.2 Å². The minimum Gasteiger partial charge on any atom is -0.466 e. The molecule has 2 nitrogen and oxygen atoms in total. The van der Waals surface area contributed by atoms with E-state index < -0.39 is 0 Å². The first-order valence-corrected chi connectivity index (χ1v) is 4.55. The number of allylic oxidation sites excluding steroid dienone is 1. The van der Waals surface area contributed by atoms with Gasteiger partial charge in [-0.2, -0.15) is 0 Å². The van der Waals surface area contributed by atoms with Gasteiger partial charge in [-0.3, -0.25) is 4.79 Å². The van der Waals surface area contributed by atoms with Crippen LogP contribution >= 0.6 is 0 Å². The summed E-state index contributed by atoms with van der Waals surface area (Å²) in [4.78, 5) is 11.2. The highest BCUT2D eigenvalue weighted by Gasteiger charge is 2.14. The predicted molar refractivity (Wildman–Crippen MR) is 49.8 cm³/mol. The Kier molecular flexibility index (Phi) is 6.44. The lowest BCUT2D eigenvalue weighted by Crippen LogP contribution is -2.15. The van der Waals surface area contributed by atoms with Gasteiger partial charge in [-0.15, -0.1) is 0 Å².